The number of allylic oxidation sites excluding steroid dienone is 3. The van der Waals surface area contributed by atoms with Crippen molar-refractivity contribution in [1.82, 2.24) is 15.2 Å². The first-order valence-electron chi connectivity index (χ1n) is 11.1. The van der Waals surface area contributed by atoms with Gasteiger partial charge in [-0.2, -0.15) is 0 Å². The Morgan fingerprint density at radius 1 is 1.40 bits per heavy atom. The van der Waals surface area contributed by atoms with Crippen LogP contribution in [-0.4, -0.2) is 77.3 Å². The molecule has 1 fully saturated rings. The molecule has 1 aromatic rings. The van der Waals surface area contributed by atoms with E-state index in [0.717, 1.165) is 0 Å². The van der Waals surface area contributed by atoms with E-state index >= 15 is 0 Å². The van der Waals surface area contributed by atoms with Crippen LogP contribution in [0.25, 0.3) is 0 Å². The zero-order chi connectivity index (χ0) is 25.7. The van der Waals surface area contributed by atoms with Gasteiger partial charge in [0.1, 0.15) is 12.1 Å². The zero-order valence-corrected chi connectivity index (χ0v) is 22.2. The zero-order valence-electron chi connectivity index (χ0n) is 19.9. The number of nitrogens with one attached hydrogen (secondary N) is 1. The predicted octanol–water partition coefficient (Wildman–Crippen LogP) is 3.51. The standard InChI is InChI=1S/C23H28Cl2N4O5S/c1-5-33-23(32)17-16(11-29-7-8-34-14(4)19(29)22(30)31)27-20(21-26-6-9-35-21)28-18(17)13(3)15(25)10-12(2)24/h6,9-10,14,18-19H,5,7-8,11H2,1-4H3,(H,27,28)(H,30,31). The molecule has 0 aliphatic carbocycles. The number of esters is 1. The van der Waals surface area contributed by atoms with Crippen LogP contribution in [0.3, 0.4) is 0 Å². The summed E-state index contributed by atoms with van der Waals surface area (Å²) in [6, 6.07) is -1.67. The lowest BCUT2D eigenvalue weighted by atomic mass is 9.95. The van der Waals surface area contributed by atoms with Gasteiger partial charge in [0, 0.05) is 40.4 Å². The number of carbonyl (C=O) groups is 2. The van der Waals surface area contributed by atoms with Gasteiger partial charge in [-0.1, -0.05) is 23.2 Å². The van der Waals surface area contributed by atoms with Crippen molar-refractivity contribution >= 4 is 52.3 Å². The number of aliphatic imine (C=N–C) groups is 1. The number of morpholine rings is 1. The number of carboxylic acid groups (broad SMARTS) is 1. The summed E-state index contributed by atoms with van der Waals surface area (Å²) in [6.07, 6.45) is 2.72. The second-order valence-corrected chi connectivity index (χ2v) is 9.94. The van der Waals surface area contributed by atoms with Crippen LogP contribution in [0, 0.1) is 0 Å². The summed E-state index contributed by atoms with van der Waals surface area (Å²) in [4.78, 5) is 36.1. The lowest BCUT2D eigenvalue weighted by Crippen LogP contribution is -2.56. The van der Waals surface area contributed by atoms with E-state index in [1.807, 2.05) is 5.38 Å². The van der Waals surface area contributed by atoms with Gasteiger partial charge in [0.25, 0.3) is 0 Å². The first-order valence-corrected chi connectivity index (χ1v) is 12.7. The molecule has 3 unspecified atom stereocenters. The second-order valence-electron chi connectivity index (χ2n) is 8.05. The molecule has 1 saturated heterocycles. The lowest BCUT2D eigenvalue weighted by molar-refractivity contribution is -0.155. The monoisotopic (exact) mass is 542 g/mol. The van der Waals surface area contributed by atoms with Gasteiger partial charge in [-0.15, -0.1) is 11.3 Å². The topological polar surface area (TPSA) is 113 Å². The van der Waals surface area contributed by atoms with Crippen molar-refractivity contribution in [3.05, 3.63) is 49.6 Å². The molecule has 0 amide bonds. The number of hydrogen-bond acceptors (Lipinski definition) is 9. The molecule has 2 aliphatic rings. The second kappa shape index (κ2) is 12.1. The van der Waals surface area contributed by atoms with Crippen LogP contribution in [0.15, 0.2) is 49.6 Å². The van der Waals surface area contributed by atoms with E-state index < -0.39 is 30.1 Å². The molecule has 2 N–H and O–H groups in total. The number of aromatic nitrogens is 1. The maximum atomic E-state index is 13.2. The van der Waals surface area contributed by atoms with Gasteiger partial charge in [-0.25, -0.2) is 9.78 Å². The predicted molar refractivity (Wildman–Crippen MR) is 136 cm³/mol. The highest BCUT2D eigenvalue weighted by molar-refractivity contribution is 7.11. The summed E-state index contributed by atoms with van der Waals surface area (Å²) in [5, 5.41) is 16.3. The third-order valence-electron chi connectivity index (χ3n) is 5.58. The highest BCUT2D eigenvalue weighted by atomic mass is 35.5. The molecule has 0 aromatic carbocycles. The number of carbonyl (C=O) groups excluding carboxylic acids is 1. The van der Waals surface area contributed by atoms with Crippen LogP contribution < -0.4 is 5.32 Å². The average molecular weight is 543 g/mol. The maximum absolute atomic E-state index is 13.2. The van der Waals surface area contributed by atoms with Crippen molar-refractivity contribution in [2.45, 2.75) is 45.9 Å². The summed E-state index contributed by atoms with van der Waals surface area (Å²) < 4.78 is 10.9. The van der Waals surface area contributed by atoms with Crippen molar-refractivity contribution in [2.75, 3.05) is 26.3 Å². The molecular weight excluding hydrogens is 515 g/mol. The Bertz CT molecular complexity index is 1080. The van der Waals surface area contributed by atoms with E-state index in [1.54, 1.807) is 44.9 Å². The Hall–Kier alpha value is -2.24. The number of hydrogen-bond donors (Lipinski definition) is 2. The first-order chi connectivity index (χ1) is 16.6. The van der Waals surface area contributed by atoms with Crippen molar-refractivity contribution in [3.63, 3.8) is 0 Å². The number of nitrogens with zero attached hydrogens (tertiary/aromatic N) is 3. The van der Waals surface area contributed by atoms with E-state index in [2.05, 4.69) is 10.3 Å². The van der Waals surface area contributed by atoms with E-state index in [1.165, 1.54) is 11.3 Å². The molecule has 3 rings (SSSR count). The van der Waals surface area contributed by atoms with Gasteiger partial charge in [0.05, 0.1) is 24.9 Å². The molecule has 0 spiro atoms. The fraction of sp³-hybridized carbons (Fsp3) is 0.478. The number of halogens is 2. The Balaban J connectivity index is 2.15. The van der Waals surface area contributed by atoms with Crippen molar-refractivity contribution in [3.8, 4) is 0 Å². The molecule has 1 aromatic heterocycles. The van der Waals surface area contributed by atoms with E-state index in [0.29, 0.717) is 45.3 Å². The molecule has 3 heterocycles. The molecule has 12 heteroatoms. The molecule has 9 nitrogen and oxygen atoms in total. The molecule has 35 heavy (non-hydrogen) atoms. The van der Waals surface area contributed by atoms with Gasteiger partial charge in [-0.05, 0) is 39.3 Å². The summed E-state index contributed by atoms with van der Waals surface area (Å²) >= 11 is 14.0. The minimum absolute atomic E-state index is 0.134. The minimum Gasteiger partial charge on any atom is -0.480 e. The molecule has 2 aliphatic heterocycles. The van der Waals surface area contributed by atoms with E-state index in [4.69, 9.17) is 37.7 Å². The smallest absolute Gasteiger partial charge is 0.338 e. The van der Waals surface area contributed by atoms with Crippen molar-refractivity contribution in [2.24, 2.45) is 4.99 Å². The Labute approximate surface area is 218 Å². The lowest BCUT2D eigenvalue weighted by Gasteiger charge is -2.39. The molecule has 190 valence electrons. The van der Waals surface area contributed by atoms with Gasteiger partial charge in [-0.3, -0.25) is 14.7 Å². The molecule has 0 bridgehead atoms. The molecular formula is C23H28Cl2N4O5S. The third-order valence-corrected chi connectivity index (χ3v) is 6.88. The average Bonchev–Trinajstić information content (AvgIpc) is 3.32. The largest absolute Gasteiger partial charge is 0.480 e. The van der Waals surface area contributed by atoms with Crippen LogP contribution in [0.1, 0.15) is 32.7 Å². The van der Waals surface area contributed by atoms with Crippen LogP contribution in [-0.2, 0) is 19.1 Å². The SMILES string of the molecule is CCOC(=O)C1=C(CN2CCOC(C)C2C(=O)O)NC(c2nccs2)=NC1C(C)=C(Cl)C=C(C)Cl. The van der Waals surface area contributed by atoms with Crippen molar-refractivity contribution in [1.29, 1.82) is 0 Å². The Kier molecular flexibility index (Phi) is 9.48. The summed E-state index contributed by atoms with van der Waals surface area (Å²) in [7, 11) is 0. The van der Waals surface area contributed by atoms with Crippen LogP contribution in [0.2, 0.25) is 0 Å². The number of aliphatic carboxylic acids is 1. The Morgan fingerprint density at radius 2 is 2.14 bits per heavy atom. The minimum atomic E-state index is -1.00. The highest BCUT2D eigenvalue weighted by Crippen LogP contribution is 2.30. The van der Waals surface area contributed by atoms with Gasteiger partial charge >= 0.3 is 11.9 Å². The summed E-state index contributed by atoms with van der Waals surface area (Å²) in [6.45, 7) is 7.94. The van der Waals surface area contributed by atoms with E-state index in [9.17, 15) is 14.7 Å². The van der Waals surface area contributed by atoms with Crippen LogP contribution >= 0.6 is 34.5 Å². The van der Waals surface area contributed by atoms with Crippen LogP contribution in [0.4, 0.5) is 0 Å². The fourth-order valence-corrected chi connectivity index (χ4v) is 4.99. The highest BCUT2D eigenvalue weighted by Gasteiger charge is 2.39. The quantitative estimate of drug-likeness (QED) is 0.379. The fourth-order valence-electron chi connectivity index (χ4n) is 3.97. The summed E-state index contributed by atoms with van der Waals surface area (Å²) in [5.41, 5.74) is 1.32. The summed E-state index contributed by atoms with van der Waals surface area (Å²) in [5.74, 6) is -1.11. The van der Waals surface area contributed by atoms with E-state index in [-0.39, 0.29) is 18.7 Å². The van der Waals surface area contributed by atoms with Crippen molar-refractivity contribution < 1.29 is 24.2 Å². The number of carboxylic acids is 1. The van der Waals surface area contributed by atoms with Crippen LogP contribution in [0.5, 0.6) is 0 Å². The number of rotatable bonds is 8. The van der Waals surface area contributed by atoms with Gasteiger partial charge in [0.15, 0.2) is 10.8 Å². The Morgan fingerprint density at radius 3 is 2.74 bits per heavy atom. The number of thiazole rings is 1. The molecule has 0 saturated carbocycles. The first kappa shape index (κ1) is 27.3. The van der Waals surface area contributed by atoms with Gasteiger partial charge in [0.2, 0.25) is 0 Å². The third kappa shape index (κ3) is 6.50. The van der Waals surface area contributed by atoms with Gasteiger partial charge < -0.3 is 19.9 Å². The molecule has 0 radical (unpaired) electrons. The normalized spacial score (nSPS) is 24.5. The number of ether oxygens (including phenoxy) is 2. The number of amidine groups is 1. The molecule has 3 atom stereocenters. The maximum Gasteiger partial charge on any atom is 0.338 e.